The van der Waals surface area contributed by atoms with Gasteiger partial charge in [0.15, 0.2) is 0 Å². The monoisotopic (exact) mass is 290 g/mol. The maximum absolute atomic E-state index is 12.7. The highest BCUT2D eigenvalue weighted by molar-refractivity contribution is 5.80. The second kappa shape index (κ2) is 7.14. The highest BCUT2D eigenvalue weighted by atomic mass is 19.4. The summed E-state index contributed by atoms with van der Waals surface area (Å²) in [5.74, 6) is -0.309. The number of ether oxygens (including phenoxy) is 1. The second-order valence-electron chi connectivity index (χ2n) is 4.22. The van der Waals surface area contributed by atoms with Gasteiger partial charge in [0.05, 0.1) is 18.7 Å². The van der Waals surface area contributed by atoms with Gasteiger partial charge >= 0.3 is 6.18 Å². The molecule has 0 aliphatic carbocycles. The molecule has 0 aliphatic rings. The van der Waals surface area contributed by atoms with Crippen LogP contribution >= 0.6 is 0 Å². The number of nitrogens with one attached hydrogen (secondary N) is 2. The molecule has 0 atom stereocenters. The molecule has 1 rings (SSSR count). The summed E-state index contributed by atoms with van der Waals surface area (Å²) < 4.78 is 42.9. The number of anilines is 1. The Bertz CT molecular complexity index is 461. The average molecular weight is 290 g/mol. The summed E-state index contributed by atoms with van der Waals surface area (Å²) >= 11 is 0. The second-order valence-corrected chi connectivity index (χ2v) is 4.22. The SMILES string of the molecule is COCCNC(=O)CNc1ccc(C)c(C(F)(F)F)c1. The number of hydrogen-bond donors (Lipinski definition) is 2. The Morgan fingerprint density at radius 3 is 2.65 bits per heavy atom. The van der Waals surface area contributed by atoms with Crippen molar-refractivity contribution >= 4 is 11.6 Å². The third kappa shape index (κ3) is 5.08. The molecule has 0 spiro atoms. The molecule has 2 N–H and O–H groups in total. The molecule has 0 aliphatic heterocycles. The third-order valence-corrected chi connectivity index (χ3v) is 2.62. The van der Waals surface area contributed by atoms with E-state index in [2.05, 4.69) is 10.6 Å². The molecule has 0 bridgehead atoms. The van der Waals surface area contributed by atoms with Crippen molar-refractivity contribution in [2.45, 2.75) is 13.1 Å². The summed E-state index contributed by atoms with van der Waals surface area (Å²) in [6.07, 6.45) is -4.40. The minimum Gasteiger partial charge on any atom is -0.383 e. The summed E-state index contributed by atoms with van der Waals surface area (Å²) in [6.45, 7) is 2.04. The lowest BCUT2D eigenvalue weighted by molar-refractivity contribution is -0.138. The van der Waals surface area contributed by atoms with Crippen LogP contribution in [0.4, 0.5) is 18.9 Å². The van der Waals surface area contributed by atoms with Crippen molar-refractivity contribution in [3.05, 3.63) is 29.3 Å². The molecule has 0 unspecified atom stereocenters. The zero-order chi connectivity index (χ0) is 15.2. The highest BCUT2D eigenvalue weighted by Gasteiger charge is 2.32. The fourth-order valence-electron chi connectivity index (χ4n) is 1.57. The Morgan fingerprint density at radius 1 is 1.35 bits per heavy atom. The van der Waals surface area contributed by atoms with Gasteiger partial charge in [-0.1, -0.05) is 6.07 Å². The van der Waals surface area contributed by atoms with Crippen molar-refractivity contribution in [1.82, 2.24) is 5.32 Å². The number of amides is 1. The summed E-state index contributed by atoms with van der Waals surface area (Å²) in [6, 6.07) is 3.87. The average Bonchev–Trinajstić information content (AvgIpc) is 2.36. The molecule has 1 aromatic rings. The number of methoxy groups -OCH3 is 1. The molecule has 0 saturated heterocycles. The van der Waals surface area contributed by atoms with Gasteiger partial charge in [-0.25, -0.2) is 0 Å². The van der Waals surface area contributed by atoms with Gasteiger partial charge in [-0.15, -0.1) is 0 Å². The molecule has 1 amide bonds. The van der Waals surface area contributed by atoms with E-state index < -0.39 is 11.7 Å². The lowest BCUT2D eigenvalue weighted by atomic mass is 10.1. The minimum absolute atomic E-state index is 0.0932. The molecule has 7 heteroatoms. The first-order valence-electron chi connectivity index (χ1n) is 6.02. The van der Waals surface area contributed by atoms with Gasteiger partial charge in [-0.05, 0) is 24.6 Å². The topological polar surface area (TPSA) is 50.4 Å². The van der Waals surface area contributed by atoms with Crippen molar-refractivity contribution in [2.75, 3.05) is 32.1 Å². The summed E-state index contributed by atoms with van der Waals surface area (Å²) in [4.78, 5) is 11.4. The zero-order valence-corrected chi connectivity index (χ0v) is 11.3. The van der Waals surface area contributed by atoms with E-state index in [9.17, 15) is 18.0 Å². The summed E-state index contributed by atoms with van der Waals surface area (Å²) in [5.41, 5.74) is -0.306. The van der Waals surface area contributed by atoms with E-state index >= 15 is 0 Å². The highest BCUT2D eigenvalue weighted by Crippen LogP contribution is 2.33. The molecule has 0 aromatic heterocycles. The number of alkyl halides is 3. The van der Waals surface area contributed by atoms with Gasteiger partial charge in [-0.2, -0.15) is 13.2 Å². The van der Waals surface area contributed by atoms with Crippen LogP contribution in [0.25, 0.3) is 0 Å². The van der Waals surface area contributed by atoms with E-state index in [-0.39, 0.29) is 23.7 Å². The summed E-state index contributed by atoms with van der Waals surface area (Å²) in [7, 11) is 1.51. The van der Waals surface area contributed by atoms with Crippen LogP contribution in [-0.2, 0) is 15.7 Å². The molecule has 20 heavy (non-hydrogen) atoms. The van der Waals surface area contributed by atoms with E-state index in [1.165, 1.54) is 26.2 Å². The van der Waals surface area contributed by atoms with Crippen LogP contribution in [0.15, 0.2) is 18.2 Å². The van der Waals surface area contributed by atoms with Crippen molar-refractivity contribution < 1.29 is 22.7 Å². The zero-order valence-electron chi connectivity index (χ0n) is 11.3. The predicted molar refractivity (Wildman–Crippen MR) is 69.6 cm³/mol. The molecular formula is C13H17F3N2O2. The third-order valence-electron chi connectivity index (χ3n) is 2.62. The smallest absolute Gasteiger partial charge is 0.383 e. The lowest BCUT2D eigenvalue weighted by Gasteiger charge is -2.13. The number of benzene rings is 1. The van der Waals surface area contributed by atoms with E-state index in [0.29, 0.717) is 13.2 Å². The number of hydrogen-bond acceptors (Lipinski definition) is 3. The standard InChI is InChI=1S/C13H17F3N2O2/c1-9-3-4-10(7-11(9)13(14,15)16)18-8-12(19)17-5-6-20-2/h3-4,7,18H,5-6,8H2,1-2H3,(H,17,19). The quantitative estimate of drug-likeness (QED) is 0.790. The fraction of sp³-hybridized carbons (Fsp3) is 0.462. The van der Waals surface area contributed by atoms with Gasteiger partial charge in [0.2, 0.25) is 5.91 Å². The first kappa shape index (κ1) is 16.3. The number of halogens is 3. The maximum atomic E-state index is 12.7. The number of aryl methyl sites for hydroxylation is 1. The van der Waals surface area contributed by atoms with Crippen LogP contribution in [0.2, 0.25) is 0 Å². The Balaban J connectivity index is 2.59. The normalized spacial score (nSPS) is 11.2. The van der Waals surface area contributed by atoms with Gasteiger partial charge < -0.3 is 15.4 Å². The van der Waals surface area contributed by atoms with Crippen LogP contribution in [0, 0.1) is 6.92 Å². The number of carbonyl (C=O) groups excluding carboxylic acids is 1. The Morgan fingerprint density at radius 2 is 2.05 bits per heavy atom. The lowest BCUT2D eigenvalue weighted by Crippen LogP contribution is -2.32. The van der Waals surface area contributed by atoms with E-state index in [1.807, 2.05) is 0 Å². The Labute approximate surface area is 115 Å². The molecule has 112 valence electrons. The fourth-order valence-corrected chi connectivity index (χ4v) is 1.57. The van der Waals surface area contributed by atoms with Crippen LogP contribution < -0.4 is 10.6 Å². The van der Waals surface area contributed by atoms with Crippen LogP contribution in [-0.4, -0.2) is 32.7 Å². The molecule has 0 fully saturated rings. The first-order chi connectivity index (χ1) is 9.34. The molecular weight excluding hydrogens is 273 g/mol. The Kier molecular flexibility index (Phi) is 5.82. The molecule has 0 radical (unpaired) electrons. The maximum Gasteiger partial charge on any atom is 0.416 e. The minimum atomic E-state index is -4.40. The molecule has 4 nitrogen and oxygen atoms in total. The van der Waals surface area contributed by atoms with Crippen molar-refractivity contribution in [3.8, 4) is 0 Å². The van der Waals surface area contributed by atoms with Crippen LogP contribution in [0.1, 0.15) is 11.1 Å². The van der Waals surface area contributed by atoms with Gasteiger partial charge in [0.25, 0.3) is 0 Å². The van der Waals surface area contributed by atoms with Crippen molar-refractivity contribution in [3.63, 3.8) is 0 Å². The van der Waals surface area contributed by atoms with E-state index in [1.54, 1.807) is 0 Å². The van der Waals surface area contributed by atoms with Gasteiger partial charge in [0, 0.05) is 19.3 Å². The summed E-state index contributed by atoms with van der Waals surface area (Å²) in [5, 5.41) is 5.22. The predicted octanol–water partition coefficient (Wildman–Crippen LogP) is 2.19. The first-order valence-corrected chi connectivity index (χ1v) is 6.02. The molecule has 0 heterocycles. The molecule has 1 aromatic carbocycles. The van der Waals surface area contributed by atoms with Gasteiger partial charge in [0.1, 0.15) is 0 Å². The van der Waals surface area contributed by atoms with E-state index in [0.717, 1.165) is 6.07 Å². The molecule has 0 saturated carbocycles. The Hall–Kier alpha value is -1.76. The van der Waals surface area contributed by atoms with Crippen molar-refractivity contribution in [1.29, 1.82) is 0 Å². The largest absolute Gasteiger partial charge is 0.416 e. The van der Waals surface area contributed by atoms with Crippen LogP contribution in [0.5, 0.6) is 0 Å². The van der Waals surface area contributed by atoms with Crippen molar-refractivity contribution in [2.24, 2.45) is 0 Å². The number of carbonyl (C=O) groups is 1. The van der Waals surface area contributed by atoms with Crippen LogP contribution in [0.3, 0.4) is 0 Å². The van der Waals surface area contributed by atoms with Gasteiger partial charge in [-0.3, -0.25) is 4.79 Å². The van der Waals surface area contributed by atoms with E-state index in [4.69, 9.17) is 4.74 Å². The number of rotatable bonds is 6.